The van der Waals surface area contributed by atoms with E-state index in [2.05, 4.69) is 82.1 Å². The minimum Gasteiger partial charge on any atom is -0.253 e. The predicted octanol–water partition coefficient (Wildman–Crippen LogP) is 3.85. The Morgan fingerprint density at radius 2 is 1.79 bits per heavy atom. The van der Waals surface area contributed by atoms with Crippen LogP contribution in [-0.4, -0.2) is 25.4 Å². The lowest BCUT2D eigenvalue weighted by Gasteiger charge is -2.30. The summed E-state index contributed by atoms with van der Waals surface area (Å²) in [5, 5.41) is 5.87. The zero-order valence-corrected chi connectivity index (χ0v) is 15.2. The summed E-state index contributed by atoms with van der Waals surface area (Å²) in [7, 11) is 1.93. The average molecular weight is 452 g/mol. The second-order valence-corrected chi connectivity index (χ2v) is 6.57. The van der Waals surface area contributed by atoms with Gasteiger partial charge in [0.05, 0.1) is 0 Å². The third-order valence-electron chi connectivity index (χ3n) is 3.27. The SMILES string of the molecule is Cn1ncnc1CC(CBr)(CBr)c1ccc(Br)cc1. The fraction of sp³-hybridized carbons (Fsp3) is 0.385. The van der Waals surface area contributed by atoms with Gasteiger partial charge in [-0.2, -0.15) is 5.10 Å². The molecule has 0 amide bonds. The van der Waals surface area contributed by atoms with Gasteiger partial charge < -0.3 is 0 Å². The van der Waals surface area contributed by atoms with Crippen LogP contribution in [0.2, 0.25) is 0 Å². The van der Waals surface area contributed by atoms with Gasteiger partial charge in [-0.15, -0.1) is 0 Å². The number of hydrogen-bond donors (Lipinski definition) is 0. The van der Waals surface area contributed by atoms with Crippen LogP contribution < -0.4 is 0 Å². The van der Waals surface area contributed by atoms with E-state index in [-0.39, 0.29) is 5.41 Å². The van der Waals surface area contributed by atoms with Crippen molar-refractivity contribution in [3.8, 4) is 0 Å². The molecule has 0 atom stereocenters. The van der Waals surface area contributed by atoms with Gasteiger partial charge in [-0.05, 0) is 17.7 Å². The maximum atomic E-state index is 4.34. The normalized spacial score (nSPS) is 11.8. The van der Waals surface area contributed by atoms with Crippen LogP contribution in [0.3, 0.4) is 0 Å². The summed E-state index contributed by atoms with van der Waals surface area (Å²) in [6.07, 6.45) is 2.44. The molecular formula is C13H14Br3N3. The van der Waals surface area contributed by atoms with E-state index in [4.69, 9.17) is 0 Å². The molecule has 1 aromatic heterocycles. The highest BCUT2D eigenvalue weighted by atomic mass is 79.9. The van der Waals surface area contributed by atoms with Crippen molar-refractivity contribution in [2.45, 2.75) is 11.8 Å². The molecule has 0 unspecified atom stereocenters. The first-order valence-corrected chi connectivity index (χ1v) is 8.86. The van der Waals surface area contributed by atoms with Crippen molar-refractivity contribution in [3.63, 3.8) is 0 Å². The Balaban J connectivity index is 2.37. The summed E-state index contributed by atoms with van der Waals surface area (Å²) >= 11 is 10.8. The van der Waals surface area contributed by atoms with Gasteiger partial charge in [-0.3, -0.25) is 4.68 Å². The Morgan fingerprint density at radius 1 is 1.16 bits per heavy atom. The first kappa shape index (κ1) is 15.2. The highest BCUT2D eigenvalue weighted by molar-refractivity contribution is 9.10. The second-order valence-electron chi connectivity index (χ2n) is 4.53. The number of halogens is 3. The van der Waals surface area contributed by atoms with Gasteiger partial charge in [0.1, 0.15) is 12.2 Å². The van der Waals surface area contributed by atoms with Crippen molar-refractivity contribution < 1.29 is 0 Å². The van der Waals surface area contributed by atoms with Gasteiger partial charge in [0, 0.05) is 34.0 Å². The molecule has 0 saturated heterocycles. The molecule has 102 valence electrons. The Hall–Kier alpha value is -0.200. The average Bonchev–Trinajstić information content (AvgIpc) is 2.82. The third kappa shape index (κ3) is 3.28. The molecule has 0 spiro atoms. The quantitative estimate of drug-likeness (QED) is 0.646. The van der Waals surface area contributed by atoms with E-state index in [1.165, 1.54) is 5.56 Å². The highest BCUT2D eigenvalue weighted by Crippen LogP contribution is 2.33. The Morgan fingerprint density at radius 3 is 2.26 bits per heavy atom. The third-order valence-corrected chi connectivity index (χ3v) is 5.95. The van der Waals surface area contributed by atoms with E-state index in [0.717, 1.165) is 27.4 Å². The standard InChI is InChI=1S/C13H14Br3N3/c1-19-12(17-9-18-19)6-13(7-14,8-15)10-2-4-11(16)5-3-10/h2-5,9H,6-8H2,1H3. The summed E-state index contributed by atoms with van der Waals surface area (Å²) in [4.78, 5) is 4.34. The van der Waals surface area contributed by atoms with Gasteiger partial charge >= 0.3 is 0 Å². The molecule has 0 aliphatic rings. The maximum absolute atomic E-state index is 4.34. The zero-order chi connectivity index (χ0) is 13.9. The van der Waals surface area contributed by atoms with Gasteiger partial charge in [0.2, 0.25) is 0 Å². The molecule has 0 radical (unpaired) electrons. The minimum atomic E-state index is -0.0263. The van der Waals surface area contributed by atoms with E-state index in [1.807, 2.05) is 11.7 Å². The minimum absolute atomic E-state index is 0.0263. The molecule has 6 heteroatoms. The van der Waals surface area contributed by atoms with E-state index in [1.54, 1.807) is 6.33 Å². The van der Waals surface area contributed by atoms with Crippen LogP contribution in [0.5, 0.6) is 0 Å². The number of nitrogens with zero attached hydrogens (tertiary/aromatic N) is 3. The number of aromatic nitrogens is 3. The lowest BCUT2D eigenvalue weighted by molar-refractivity contribution is 0.514. The van der Waals surface area contributed by atoms with Crippen LogP contribution in [0, 0.1) is 0 Å². The molecule has 0 N–H and O–H groups in total. The topological polar surface area (TPSA) is 30.7 Å². The molecule has 0 aliphatic carbocycles. The van der Waals surface area contributed by atoms with Crippen LogP contribution in [0.25, 0.3) is 0 Å². The van der Waals surface area contributed by atoms with Gasteiger partial charge in [0.25, 0.3) is 0 Å². The molecule has 0 fully saturated rings. The second kappa shape index (κ2) is 6.50. The Kier molecular flexibility index (Phi) is 5.20. The van der Waals surface area contributed by atoms with Crippen molar-refractivity contribution in [2.24, 2.45) is 7.05 Å². The lowest BCUT2D eigenvalue weighted by atomic mass is 9.81. The molecular weight excluding hydrogens is 438 g/mol. The van der Waals surface area contributed by atoms with Crippen LogP contribution in [-0.2, 0) is 18.9 Å². The summed E-state index contributed by atoms with van der Waals surface area (Å²) in [5.74, 6) is 0.988. The summed E-state index contributed by atoms with van der Waals surface area (Å²) < 4.78 is 2.92. The monoisotopic (exact) mass is 449 g/mol. The molecule has 1 heterocycles. The van der Waals surface area contributed by atoms with Crippen LogP contribution in [0.4, 0.5) is 0 Å². The summed E-state index contributed by atoms with van der Waals surface area (Å²) in [6, 6.07) is 8.46. The molecule has 19 heavy (non-hydrogen) atoms. The Labute approximate surface area is 138 Å². The first-order valence-electron chi connectivity index (χ1n) is 5.82. The number of benzene rings is 1. The van der Waals surface area contributed by atoms with Crippen LogP contribution in [0.1, 0.15) is 11.4 Å². The van der Waals surface area contributed by atoms with Crippen LogP contribution >= 0.6 is 47.8 Å². The van der Waals surface area contributed by atoms with E-state index in [0.29, 0.717) is 0 Å². The van der Waals surface area contributed by atoms with Crippen molar-refractivity contribution >= 4 is 47.8 Å². The summed E-state index contributed by atoms with van der Waals surface area (Å²) in [5.41, 5.74) is 1.26. The van der Waals surface area contributed by atoms with E-state index in [9.17, 15) is 0 Å². The summed E-state index contributed by atoms with van der Waals surface area (Å²) in [6.45, 7) is 0. The van der Waals surface area contributed by atoms with Crippen molar-refractivity contribution in [2.75, 3.05) is 10.7 Å². The molecule has 0 bridgehead atoms. The maximum Gasteiger partial charge on any atom is 0.138 e. The zero-order valence-electron chi connectivity index (χ0n) is 10.5. The van der Waals surface area contributed by atoms with Gasteiger partial charge in [-0.1, -0.05) is 59.9 Å². The fourth-order valence-corrected chi connectivity index (χ4v) is 4.21. The number of rotatable bonds is 5. The first-order chi connectivity index (χ1) is 9.11. The Bertz CT molecular complexity index is 532. The smallest absolute Gasteiger partial charge is 0.138 e. The lowest BCUT2D eigenvalue weighted by Crippen LogP contribution is -2.34. The van der Waals surface area contributed by atoms with Crippen LogP contribution in [0.15, 0.2) is 35.1 Å². The molecule has 0 saturated carbocycles. The molecule has 3 nitrogen and oxygen atoms in total. The fourth-order valence-electron chi connectivity index (χ4n) is 1.97. The van der Waals surface area contributed by atoms with Gasteiger partial charge in [-0.25, -0.2) is 4.98 Å². The number of aryl methyl sites for hydroxylation is 1. The molecule has 2 aromatic rings. The van der Waals surface area contributed by atoms with Crippen molar-refractivity contribution in [1.82, 2.24) is 14.8 Å². The largest absolute Gasteiger partial charge is 0.253 e. The predicted molar refractivity (Wildman–Crippen MR) is 88.1 cm³/mol. The highest BCUT2D eigenvalue weighted by Gasteiger charge is 2.32. The number of hydrogen-bond acceptors (Lipinski definition) is 2. The molecule has 1 aromatic carbocycles. The van der Waals surface area contributed by atoms with Crippen molar-refractivity contribution in [3.05, 3.63) is 46.5 Å². The van der Waals surface area contributed by atoms with E-state index >= 15 is 0 Å². The van der Waals surface area contributed by atoms with E-state index < -0.39 is 0 Å². The number of alkyl halides is 2. The molecule has 0 aliphatic heterocycles. The van der Waals surface area contributed by atoms with Gasteiger partial charge in [0.15, 0.2) is 0 Å². The molecule has 2 rings (SSSR count). The van der Waals surface area contributed by atoms with Crippen molar-refractivity contribution in [1.29, 1.82) is 0 Å².